The summed E-state index contributed by atoms with van der Waals surface area (Å²) in [5.41, 5.74) is 1.16. The van der Waals surface area contributed by atoms with Crippen molar-refractivity contribution in [3.63, 3.8) is 0 Å². The minimum absolute atomic E-state index is 0.0793. The lowest BCUT2D eigenvalue weighted by Crippen LogP contribution is -2.25. The molecule has 128 valence electrons. The zero-order chi connectivity index (χ0) is 17.6. The second-order valence-electron chi connectivity index (χ2n) is 5.98. The van der Waals surface area contributed by atoms with Crippen molar-refractivity contribution in [3.8, 4) is 0 Å². The number of anilines is 2. The number of benzene rings is 2. The Morgan fingerprint density at radius 3 is 2.60 bits per heavy atom. The first kappa shape index (κ1) is 16.9. The minimum Gasteiger partial charge on any atom is -0.325 e. The summed E-state index contributed by atoms with van der Waals surface area (Å²) in [5.74, 6) is -0.991. The number of hydrogen-bond acceptors (Lipinski definition) is 2. The standard InChI is InChI=1S/C20H19FN2O2/c21-15-9-6-10-16(13-15)22-20(25)17-11-4-5-12-18(17)23-19(24)14-7-2-1-3-8-14/h1-2,4-6,9-14H,3,7-8H2,(H,22,25)(H,23,24)/t14-/m0/s1. The van der Waals surface area contributed by atoms with Gasteiger partial charge in [-0.15, -0.1) is 0 Å². The summed E-state index contributed by atoms with van der Waals surface area (Å²) >= 11 is 0. The van der Waals surface area contributed by atoms with E-state index in [0.717, 1.165) is 12.8 Å². The Morgan fingerprint density at radius 1 is 1.00 bits per heavy atom. The van der Waals surface area contributed by atoms with Gasteiger partial charge in [-0.25, -0.2) is 4.39 Å². The maximum absolute atomic E-state index is 13.3. The van der Waals surface area contributed by atoms with Crippen LogP contribution in [0.5, 0.6) is 0 Å². The van der Waals surface area contributed by atoms with Gasteiger partial charge in [0.05, 0.1) is 11.3 Å². The van der Waals surface area contributed by atoms with E-state index < -0.39 is 11.7 Å². The van der Waals surface area contributed by atoms with Crippen molar-refractivity contribution in [2.45, 2.75) is 19.3 Å². The highest BCUT2D eigenvalue weighted by Gasteiger charge is 2.20. The Labute approximate surface area is 145 Å². The van der Waals surface area contributed by atoms with E-state index in [0.29, 0.717) is 23.4 Å². The lowest BCUT2D eigenvalue weighted by atomic mass is 9.93. The van der Waals surface area contributed by atoms with Crippen LogP contribution in [0.2, 0.25) is 0 Å². The predicted octanol–water partition coefficient (Wildman–Crippen LogP) is 4.37. The van der Waals surface area contributed by atoms with Crippen LogP contribution < -0.4 is 10.6 Å². The van der Waals surface area contributed by atoms with Gasteiger partial charge in [0.2, 0.25) is 5.91 Å². The summed E-state index contributed by atoms with van der Waals surface area (Å²) in [5, 5.41) is 5.50. The molecule has 5 heteroatoms. The van der Waals surface area contributed by atoms with Gasteiger partial charge in [0.1, 0.15) is 5.82 Å². The summed E-state index contributed by atoms with van der Waals surface area (Å²) in [6.07, 6.45) is 6.49. The quantitative estimate of drug-likeness (QED) is 0.813. The van der Waals surface area contributed by atoms with E-state index in [1.165, 1.54) is 18.2 Å². The lowest BCUT2D eigenvalue weighted by Gasteiger charge is -2.18. The molecular weight excluding hydrogens is 319 g/mol. The molecule has 0 aromatic heterocycles. The maximum atomic E-state index is 13.3. The number of hydrogen-bond donors (Lipinski definition) is 2. The van der Waals surface area contributed by atoms with Gasteiger partial charge in [-0.3, -0.25) is 9.59 Å². The number of amides is 2. The molecule has 0 saturated heterocycles. The van der Waals surface area contributed by atoms with E-state index in [-0.39, 0.29) is 11.8 Å². The largest absolute Gasteiger partial charge is 0.325 e. The van der Waals surface area contributed by atoms with E-state index >= 15 is 0 Å². The lowest BCUT2D eigenvalue weighted by molar-refractivity contribution is -0.120. The Bertz CT molecular complexity index is 817. The van der Waals surface area contributed by atoms with Crippen LogP contribution in [0.15, 0.2) is 60.7 Å². The Morgan fingerprint density at radius 2 is 1.84 bits per heavy atom. The SMILES string of the molecule is O=C(Nc1cccc(F)c1)c1ccccc1NC(=O)[C@H]1CC=CCC1. The molecule has 1 aliphatic rings. The molecule has 3 rings (SSSR count). The topological polar surface area (TPSA) is 58.2 Å². The number of carbonyl (C=O) groups excluding carboxylic acids is 2. The molecule has 2 amide bonds. The summed E-state index contributed by atoms with van der Waals surface area (Å²) in [6, 6.07) is 12.5. The molecule has 2 aromatic rings. The highest BCUT2D eigenvalue weighted by Crippen LogP contribution is 2.23. The van der Waals surface area contributed by atoms with Crippen LogP contribution in [0.25, 0.3) is 0 Å². The van der Waals surface area contributed by atoms with Gasteiger partial charge in [0, 0.05) is 11.6 Å². The van der Waals surface area contributed by atoms with Gasteiger partial charge >= 0.3 is 0 Å². The zero-order valence-corrected chi connectivity index (χ0v) is 13.7. The van der Waals surface area contributed by atoms with Crippen LogP contribution in [-0.4, -0.2) is 11.8 Å². The van der Waals surface area contributed by atoms with E-state index in [2.05, 4.69) is 16.7 Å². The Balaban J connectivity index is 1.74. The molecule has 0 fully saturated rings. The summed E-state index contributed by atoms with van der Waals surface area (Å²) < 4.78 is 13.3. The fraction of sp³-hybridized carbons (Fsp3) is 0.200. The Kier molecular flexibility index (Phi) is 5.23. The van der Waals surface area contributed by atoms with Gasteiger partial charge in [-0.1, -0.05) is 30.4 Å². The molecule has 0 bridgehead atoms. The highest BCUT2D eigenvalue weighted by molar-refractivity contribution is 6.10. The van der Waals surface area contributed by atoms with E-state index in [9.17, 15) is 14.0 Å². The minimum atomic E-state index is -0.426. The van der Waals surface area contributed by atoms with Gasteiger partial charge in [-0.2, -0.15) is 0 Å². The van der Waals surface area contributed by atoms with E-state index in [1.54, 1.807) is 30.3 Å². The third-order valence-electron chi connectivity index (χ3n) is 4.15. The maximum Gasteiger partial charge on any atom is 0.257 e. The average Bonchev–Trinajstić information content (AvgIpc) is 2.63. The third-order valence-corrected chi connectivity index (χ3v) is 4.15. The molecule has 0 heterocycles. The molecule has 1 aliphatic carbocycles. The number of rotatable bonds is 4. The molecule has 1 atom stereocenters. The predicted molar refractivity (Wildman–Crippen MR) is 95.9 cm³/mol. The third kappa shape index (κ3) is 4.32. The monoisotopic (exact) mass is 338 g/mol. The highest BCUT2D eigenvalue weighted by atomic mass is 19.1. The number of para-hydroxylation sites is 1. The first-order valence-electron chi connectivity index (χ1n) is 8.25. The fourth-order valence-corrected chi connectivity index (χ4v) is 2.82. The van der Waals surface area contributed by atoms with Crippen molar-refractivity contribution < 1.29 is 14.0 Å². The molecule has 0 radical (unpaired) electrons. The summed E-state index contributed by atoms with van der Waals surface area (Å²) in [6.45, 7) is 0. The molecular formula is C20H19FN2O2. The van der Waals surface area contributed by atoms with E-state index in [4.69, 9.17) is 0 Å². The van der Waals surface area contributed by atoms with Crippen molar-refractivity contribution in [2.75, 3.05) is 10.6 Å². The molecule has 0 unspecified atom stereocenters. The Hall–Kier alpha value is -2.95. The molecule has 0 spiro atoms. The average molecular weight is 338 g/mol. The first-order valence-corrected chi connectivity index (χ1v) is 8.25. The summed E-state index contributed by atoms with van der Waals surface area (Å²) in [4.78, 5) is 24.9. The van der Waals surface area contributed by atoms with Crippen molar-refractivity contribution >= 4 is 23.2 Å². The zero-order valence-electron chi connectivity index (χ0n) is 13.7. The molecule has 2 N–H and O–H groups in total. The van der Waals surface area contributed by atoms with Crippen molar-refractivity contribution in [1.82, 2.24) is 0 Å². The van der Waals surface area contributed by atoms with Crippen LogP contribution in [0.1, 0.15) is 29.6 Å². The van der Waals surface area contributed by atoms with Crippen molar-refractivity contribution in [2.24, 2.45) is 5.92 Å². The molecule has 2 aromatic carbocycles. The molecule has 0 saturated carbocycles. The smallest absolute Gasteiger partial charge is 0.257 e. The summed E-state index contributed by atoms with van der Waals surface area (Å²) in [7, 11) is 0. The fourth-order valence-electron chi connectivity index (χ4n) is 2.82. The molecule has 4 nitrogen and oxygen atoms in total. The van der Waals surface area contributed by atoms with Gasteiger partial charge in [0.15, 0.2) is 0 Å². The number of nitrogens with one attached hydrogen (secondary N) is 2. The normalized spacial score (nSPS) is 16.3. The second kappa shape index (κ2) is 7.75. The first-order chi connectivity index (χ1) is 12.1. The second-order valence-corrected chi connectivity index (χ2v) is 5.98. The van der Waals surface area contributed by atoms with Crippen LogP contribution in [0.3, 0.4) is 0 Å². The molecule has 25 heavy (non-hydrogen) atoms. The van der Waals surface area contributed by atoms with E-state index in [1.807, 2.05) is 6.08 Å². The van der Waals surface area contributed by atoms with Crippen LogP contribution in [-0.2, 0) is 4.79 Å². The number of halogens is 1. The van der Waals surface area contributed by atoms with Gasteiger partial charge in [0.25, 0.3) is 5.91 Å². The van der Waals surface area contributed by atoms with Gasteiger partial charge < -0.3 is 10.6 Å². The van der Waals surface area contributed by atoms with Gasteiger partial charge in [-0.05, 0) is 49.6 Å². The molecule has 0 aliphatic heterocycles. The van der Waals surface area contributed by atoms with Crippen molar-refractivity contribution in [3.05, 3.63) is 72.1 Å². The number of carbonyl (C=O) groups is 2. The van der Waals surface area contributed by atoms with Crippen molar-refractivity contribution in [1.29, 1.82) is 0 Å². The van der Waals surface area contributed by atoms with Crippen LogP contribution in [0.4, 0.5) is 15.8 Å². The van der Waals surface area contributed by atoms with Crippen LogP contribution >= 0.6 is 0 Å². The number of allylic oxidation sites excluding steroid dienone is 2. The van der Waals surface area contributed by atoms with Crippen LogP contribution in [0, 0.1) is 11.7 Å².